The monoisotopic (exact) mass is 431 g/mol. The van der Waals surface area contributed by atoms with Crippen LogP contribution >= 0.6 is 0 Å². The maximum absolute atomic E-state index is 13.3. The standard InChI is InChI=1S/C22H33N5O4/c1-3-18-9-8-15(2)20(24-18)25-21(29)19-10-11-23-27(19)22(30)17(13-26(31)14-28)12-16-6-4-5-7-16/h8-9,14,16-17,19,23,31H,3-7,10-13H2,1-2H3,(H,24,25,29)/t17?,19-/m0/s1. The van der Waals surface area contributed by atoms with Crippen molar-refractivity contribution in [2.24, 2.45) is 11.8 Å². The predicted molar refractivity (Wildman–Crippen MR) is 115 cm³/mol. The Morgan fingerprint density at radius 1 is 1.35 bits per heavy atom. The normalized spacial score (nSPS) is 20.0. The first kappa shape index (κ1) is 23.1. The highest BCUT2D eigenvalue weighted by molar-refractivity contribution is 5.97. The van der Waals surface area contributed by atoms with Crippen molar-refractivity contribution in [3.8, 4) is 0 Å². The molecule has 3 N–H and O–H groups in total. The van der Waals surface area contributed by atoms with E-state index >= 15 is 0 Å². The van der Waals surface area contributed by atoms with Gasteiger partial charge in [0.2, 0.25) is 18.2 Å². The fourth-order valence-corrected chi connectivity index (χ4v) is 4.50. The van der Waals surface area contributed by atoms with Gasteiger partial charge < -0.3 is 5.32 Å². The molecule has 9 nitrogen and oxygen atoms in total. The Morgan fingerprint density at radius 3 is 2.77 bits per heavy atom. The molecule has 1 aromatic heterocycles. The summed E-state index contributed by atoms with van der Waals surface area (Å²) in [4.78, 5) is 41.8. The minimum atomic E-state index is -0.673. The largest absolute Gasteiger partial charge is 0.309 e. The van der Waals surface area contributed by atoms with Gasteiger partial charge in [-0.2, -0.15) is 0 Å². The lowest BCUT2D eigenvalue weighted by Gasteiger charge is -2.30. The maximum Gasteiger partial charge on any atom is 0.250 e. The van der Waals surface area contributed by atoms with Gasteiger partial charge in [-0.1, -0.05) is 38.7 Å². The van der Waals surface area contributed by atoms with Crippen LogP contribution in [0.2, 0.25) is 0 Å². The molecule has 2 fully saturated rings. The van der Waals surface area contributed by atoms with E-state index < -0.39 is 12.0 Å². The highest BCUT2D eigenvalue weighted by Crippen LogP contribution is 2.31. The molecule has 0 aromatic carbocycles. The number of rotatable bonds is 9. The number of aryl methyl sites for hydroxylation is 2. The summed E-state index contributed by atoms with van der Waals surface area (Å²) in [5.41, 5.74) is 4.76. The molecule has 1 saturated carbocycles. The first-order valence-electron chi connectivity index (χ1n) is 11.2. The summed E-state index contributed by atoms with van der Waals surface area (Å²) in [5, 5.41) is 14.5. The molecule has 170 valence electrons. The highest BCUT2D eigenvalue weighted by atomic mass is 16.5. The van der Waals surface area contributed by atoms with Gasteiger partial charge in [0.15, 0.2) is 0 Å². The number of hydrogen-bond acceptors (Lipinski definition) is 6. The van der Waals surface area contributed by atoms with Crippen molar-refractivity contribution in [3.05, 3.63) is 23.4 Å². The molecule has 0 bridgehead atoms. The predicted octanol–water partition coefficient (Wildman–Crippen LogP) is 2.04. The summed E-state index contributed by atoms with van der Waals surface area (Å²) in [6, 6.07) is 3.18. The van der Waals surface area contributed by atoms with Crippen molar-refractivity contribution in [2.75, 3.05) is 18.4 Å². The molecule has 1 unspecified atom stereocenters. The summed E-state index contributed by atoms with van der Waals surface area (Å²) >= 11 is 0. The molecule has 2 aliphatic rings. The molecule has 0 radical (unpaired) electrons. The Kier molecular flexibility index (Phi) is 7.97. The van der Waals surface area contributed by atoms with Crippen molar-refractivity contribution < 1.29 is 19.6 Å². The van der Waals surface area contributed by atoms with Crippen LogP contribution in [0.25, 0.3) is 0 Å². The number of hydrazine groups is 1. The molecule has 2 atom stereocenters. The van der Waals surface area contributed by atoms with E-state index in [9.17, 15) is 19.6 Å². The van der Waals surface area contributed by atoms with Gasteiger partial charge in [0.05, 0.1) is 12.5 Å². The number of aromatic nitrogens is 1. The lowest BCUT2D eigenvalue weighted by molar-refractivity contribution is -0.159. The number of hydrogen-bond donors (Lipinski definition) is 3. The Bertz CT molecular complexity index is 796. The van der Waals surface area contributed by atoms with Crippen LogP contribution in [-0.4, -0.2) is 57.6 Å². The van der Waals surface area contributed by atoms with Gasteiger partial charge in [0.25, 0.3) is 0 Å². The fourth-order valence-electron chi connectivity index (χ4n) is 4.50. The zero-order chi connectivity index (χ0) is 22.4. The number of amides is 3. The summed E-state index contributed by atoms with van der Waals surface area (Å²) in [5.74, 6) is -0.223. The highest BCUT2D eigenvalue weighted by Gasteiger charge is 2.39. The van der Waals surface area contributed by atoms with Crippen LogP contribution in [0.1, 0.15) is 56.7 Å². The van der Waals surface area contributed by atoms with Gasteiger partial charge in [-0.15, -0.1) is 0 Å². The van der Waals surface area contributed by atoms with Gasteiger partial charge in [0.1, 0.15) is 11.9 Å². The molecular formula is C22H33N5O4. The molecule has 3 rings (SSSR count). The second-order valence-corrected chi connectivity index (χ2v) is 8.54. The van der Waals surface area contributed by atoms with E-state index in [0.717, 1.165) is 43.4 Å². The number of carbonyl (C=O) groups is 3. The number of pyridine rings is 1. The number of carbonyl (C=O) groups excluding carboxylic acids is 3. The quantitative estimate of drug-likeness (QED) is 0.313. The number of nitrogens with zero attached hydrogens (tertiary/aromatic N) is 3. The van der Waals surface area contributed by atoms with Gasteiger partial charge in [-0.25, -0.2) is 15.5 Å². The molecule has 1 aromatic rings. The third kappa shape index (κ3) is 5.80. The Hall–Kier alpha value is -2.52. The van der Waals surface area contributed by atoms with E-state index in [0.29, 0.717) is 42.6 Å². The van der Waals surface area contributed by atoms with Crippen LogP contribution in [0.4, 0.5) is 5.82 Å². The summed E-state index contributed by atoms with van der Waals surface area (Å²) in [6.45, 7) is 4.30. The van der Waals surface area contributed by atoms with Gasteiger partial charge in [-0.3, -0.25) is 24.6 Å². The molecule has 1 aliphatic heterocycles. The van der Waals surface area contributed by atoms with E-state index in [2.05, 4.69) is 15.7 Å². The maximum atomic E-state index is 13.3. The van der Waals surface area contributed by atoms with Crippen LogP contribution in [0.15, 0.2) is 12.1 Å². The summed E-state index contributed by atoms with van der Waals surface area (Å²) in [6.07, 6.45) is 6.52. The zero-order valence-corrected chi connectivity index (χ0v) is 18.3. The fraction of sp³-hybridized carbons (Fsp3) is 0.636. The zero-order valence-electron chi connectivity index (χ0n) is 18.3. The third-order valence-electron chi connectivity index (χ3n) is 6.28. The topological polar surface area (TPSA) is 115 Å². The SMILES string of the molecule is CCc1ccc(C)c(NC(=O)[C@@H]2CCNN2C(=O)C(CC2CCCC2)CN(O)C=O)n1. The van der Waals surface area contributed by atoms with Crippen molar-refractivity contribution in [1.29, 1.82) is 0 Å². The Labute approximate surface area is 183 Å². The first-order valence-corrected chi connectivity index (χ1v) is 11.2. The molecule has 1 aliphatic carbocycles. The smallest absolute Gasteiger partial charge is 0.250 e. The van der Waals surface area contributed by atoms with Gasteiger partial charge >= 0.3 is 0 Å². The molecule has 31 heavy (non-hydrogen) atoms. The van der Waals surface area contributed by atoms with E-state index in [4.69, 9.17) is 0 Å². The molecule has 0 spiro atoms. The lowest BCUT2D eigenvalue weighted by atomic mass is 9.92. The number of anilines is 1. The van der Waals surface area contributed by atoms with E-state index in [1.807, 2.05) is 26.0 Å². The molecule has 9 heteroatoms. The van der Waals surface area contributed by atoms with Crippen molar-refractivity contribution in [2.45, 2.75) is 64.8 Å². The van der Waals surface area contributed by atoms with Crippen LogP contribution in [0.5, 0.6) is 0 Å². The van der Waals surface area contributed by atoms with Crippen molar-refractivity contribution >= 4 is 24.0 Å². The van der Waals surface area contributed by atoms with Crippen molar-refractivity contribution in [3.63, 3.8) is 0 Å². The number of nitrogens with one attached hydrogen (secondary N) is 2. The minimum Gasteiger partial charge on any atom is -0.309 e. The molecule has 1 saturated heterocycles. The van der Waals surface area contributed by atoms with E-state index in [1.165, 1.54) is 5.01 Å². The average Bonchev–Trinajstić information content (AvgIpc) is 3.46. The lowest BCUT2D eigenvalue weighted by Crippen LogP contribution is -2.51. The number of hydroxylamine groups is 2. The average molecular weight is 432 g/mol. The molecule has 3 amide bonds. The van der Waals surface area contributed by atoms with Gasteiger partial charge in [-0.05, 0) is 43.7 Å². The summed E-state index contributed by atoms with van der Waals surface area (Å²) < 4.78 is 0. The van der Waals surface area contributed by atoms with Crippen LogP contribution in [0, 0.1) is 18.8 Å². The Balaban J connectivity index is 1.72. The van der Waals surface area contributed by atoms with Crippen LogP contribution in [0.3, 0.4) is 0 Å². The molecular weight excluding hydrogens is 398 g/mol. The third-order valence-corrected chi connectivity index (χ3v) is 6.28. The second kappa shape index (κ2) is 10.7. The Morgan fingerprint density at radius 2 is 2.10 bits per heavy atom. The molecule has 2 heterocycles. The van der Waals surface area contributed by atoms with Crippen LogP contribution < -0.4 is 10.7 Å². The van der Waals surface area contributed by atoms with E-state index in [-0.39, 0.29) is 18.4 Å². The minimum absolute atomic E-state index is 0.0788. The second-order valence-electron chi connectivity index (χ2n) is 8.54. The van der Waals surface area contributed by atoms with Gasteiger partial charge in [0, 0.05) is 12.2 Å². The summed E-state index contributed by atoms with van der Waals surface area (Å²) in [7, 11) is 0. The van der Waals surface area contributed by atoms with Crippen LogP contribution in [-0.2, 0) is 20.8 Å². The first-order chi connectivity index (χ1) is 14.9. The van der Waals surface area contributed by atoms with E-state index in [1.54, 1.807) is 0 Å². The van der Waals surface area contributed by atoms with Crippen molar-refractivity contribution in [1.82, 2.24) is 20.5 Å².